The van der Waals surface area contributed by atoms with E-state index in [9.17, 15) is 0 Å². The van der Waals surface area contributed by atoms with Crippen molar-refractivity contribution in [1.82, 2.24) is 29.7 Å². The smallest absolute Gasteiger partial charge is 0.159 e. The fourth-order valence-corrected chi connectivity index (χ4v) is 5.62. The fraction of sp³-hybridized carbons (Fsp3) is 0.400. The molecule has 1 N–H and O–H groups in total. The largest absolute Gasteiger partial charge is 0.379 e. The predicted molar refractivity (Wildman–Crippen MR) is 140 cm³/mol. The third-order valence-corrected chi connectivity index (χ3v) is 7.65. The number of pyridine rings is 1. The quantitative estimate of drug-likeness (QED) is 0.422. The van der Waals surface area contributed by atoms with Crippen molar-refractivity contribution >= 4 is 39.8 Å². The van der Waals surface area contributed by atoms with E-state index in [1.165, 1.54) is 5.56 Å². The van der Waals surface area contributed by atoms with Crippen LogP contribution in [0.5, 0.6) is 0 Å². The number of morpholine rings is 1. The molecule has 10 heteroatoms. The van der Waals surface area contributed by atoms with Crippen molar-refractivity contribution in [3.05, 3.63) is 57.6 Å². The van der Waals surface area contributed by atoms with Gasteiger partial charge in [0.15, 0.2) is 5.65 Å². The molecule has 1 aromatic carbocycles. The lowest BCUT2D eigenvalue weighted by Crippen LogP contribution is -2.46. The van der Waals surface area contributed by atoms with Crippen LogP contribution in [-0.4, -0.2) is 82.2 Å². The number of piperazine rings is 1. The molecule has 0 unspecified atom stereocenters. The molecule has 8 nitrogen and oxygen atoms in total. The van der Waals surface area contributed by atoms with Gasteiger partial charge in [0.25, 0.3) is 0 Å². The summed E-state index contributed by atoms with van der Waals surface area (Å²) in [6.07, 6.45) is 1.73. The standard InChI is InChI=1S/C25H28ClN7OS/c26-21-13-27-25-22(23(21)33-7-5-31(6-8-33)15-20-16-35-17-28-20)29-24(30-25)19-3-1-18(2-4-19)14-32-9-11-34-12-10-32/h1-4,13,16-17H,5-12,14-15H2,(H,27,29,30). The van der Waals surface area contributed by atoms with Crippen LogP contribution in [0.4, 0.5) is 5.69 Å². The van der Waals surface area contributed by atoms with Crippen LogP contribution in [0.1, 0.15) is 11.3 Å². The summed E-state index contributed by atoms with van der Waals surface area (Å²) in [5.41, 5.74) is 7.94. The number of imidazole rings is 1. The number of benzene rings is 1. The van der Waals surface area contributed by atoms with Gasteiger partial charge in [0.2, 0.25) is 0 Å². The SMILES string of the molecule is Clc1cnc2[nH]c(-c3ccc(CN4CCOCC4)cc3)nc2c1N1CCN(Cc2cscn2)CC1. The Morgan fingerprint density at radius 3 is 2.46 bits per heavy atom. The summed E-state index contributed by atoms with van der Waals surface area (Å²) in [6, 6.07) is 8.62. The monoisotopic (exact) mass is 509 g/mol. The third kappa shape index (κ3) is 5.05. The van der Waals surface area contributed by atoms with E-state index in [1.54, 1.807) is 17.5 Å². The van der Waals surface area contributed by atoms with E-state index in [-0.39, 0.29) is 0 Å². The number of aromatic nitrogens is 4. The maximum absolute atomic E-state index is 6.66. The summed E-state index contributed by atoms with van der Waals surface area (Å²) in [4.78, 5) is 24.5. The van der Waals surface area contributed by atoms with Crippen LogP contribution in [0.25, 0.3) is 22.6 Å². The Balaban J connectivity index is 1.19. The number of thiazole rings is 1. The maximum atomic E-state index is 6.66. The van der Waals surface area contributed by atoms with E-state index in [4.69, 9.17) is 21.3 Å². The number of hydrogen-bond donors (Lipinski definition) is 1. The zero-order valence-corrected chi connectivity index (χ0v) is 21.1. The molecule has 0 bridgehead atoms. The van der Waals surface area contributed by atoms with Gasteiger partial charge < -0.3 is 14.6 Å². The minimum atomic E-state index is 0.643. The first kappa shape index (κ1) is 22.9. The first-order valence-corrected chi connectivity index (χ1v) is 13.3. The lowest BCUT2D eigenvalue weighted by atomic mass is 10.1. The van der Waals surface area contributed by atoms with Crippen LogP contribution >= 0.6 is 22.9 Å². The molecule has 182 valence electrons. The normalized spacial score (nSPS) is 17.9. The summed E-state index contributed by atoms with van der Waals surface area (Å²) >= 11 is 8.31. The summed E-state index contributed by atoms with van der Waals surface area (Å²) in [5.74, 6) is 0.816. The Kier molecular flexibility index (Phi) is 6.67. The van der Waals surface area contributed by atoms with Crippen molar-refractivity contribution < 1.29 is 4.74 Å². The molecule has 0 spiro atoms. The van der Waals surface area contributed by atoms with Crippen molar-refractivity contribution in [2.45, 2.75) is 13.1 Å². The number of anilines is 1. The van der Waals surface area contributed by atoms with E-state index in [0.717, 1.165) is 99.5 Å². The van der Waals surface area contributed by atoms with Gasteiger partial charge in [0.1, 0.15) is 11.3 Å². The van der Waals surface area contributed by atoms with Gasteiger partial charge in [-0.3, -0.25) is 9.80 Å². The van der Waals surface area contributed by atoms with E-state index in [2.05, 4.69) is 59.3 Å². The van der Waals surface area contributed by atoms with Gasteiger partial charge in [0.05, 0.1) is 41.3 Å². The Hall–Kier alpha value is -2.56. The highest BCUT2D eigenvalue weighted by atomic mass is 35.5. The van der Waals surface area contributed by atoms with Crippen molar-refractivity contribution in [3.8, 4) is 11.4 Å². The molecule has 5 heterocycles. The predicted octanol–water partition coefficient (Wildman–Crippen LogP) is 3.89. The van der Waals surface area contributed by atoms with Crippen molar-refractivity contribution in [3.63, 3.8) is 0 Å². The number of aromatic amines is 1. The summed E-state index contributed by atoms with van der Waals surface area (Å²) < 4.78 is 5.45. The maximum Gasteiger partial charge on any atom is 0.159 e. The fourth-order valence-electron chi connectivity index (χ4n) is 4.82. The van der Waals surface area contributed by atoms with Crippen LogP contribution in [0.2, 0.25) is 5.02 Å². The van der Waals surface area contributed by atoms with Crippen molar-refractivity contribution in [2.24, 2.45) is 0 Å². The molecule has 0 saturated carbocycles. The van der Waals surface area contributed by atoms with Gasteiger partial charge in [-0.25, -0.2) is 15.0 Å². The number of nitrogens with zero attached hydrogens (tertiary/aromatic N) is 6. The minimum absolute atomic E-state index is 0.643. The van der Waals surface area contributed by atoms with Crippen LogP contribution in [0, 0.1) is 0 Å². The van der Waals surface area contributed by atoms with Crippen LogP contribution in [0.3, 0.4) is 0 Å². The number of rotatable bonds is 6. The van der Waals surface area contributed by atoms with E-state index in [0.29, 0.717) is 5.02 Å². The number of fused-ring (bicyclic) bond motifs is 1. The molecule has 4 aromatic rings. The van der Waals surface area contributed by atoms with Crippen molar-refractivity contribution in [1.29, 1.82) is 0 Å². The van der Waals surface area contributed by atoms with Gasteiger partial charge in [-0.1, -0.05) is 35.9 Å². The zero-order valence-electron chi connectivity index (χ0n) is 19.5. The van der Waals surface area contributed by atoms with Crippen LogP contribution in [0.15, 0.2) is 41.4 Å². The highest BCUT2D eigenvalue weighted by Crippen LogP contribution is 2.34. The Bertz CT molecular complexity index is 1260. The minimum Gasteiger partial charge on any atom is -0.379 e. The molecule has 0 aliphatic carbocycles. The summed E-state index contributed by atoms with van der Waals surface area (Å²) in [7, 11) is 0. The summed E-state index contributed by atoms with van der Waals surface area (Å²) in [5, 5.41) is 2.76. The molecule has 3 aromatic heterocycles. The summed E-state index contributed by atoms with van der Waals surface area (Å²) in [6.45, 7) is 9.14. The van der Waals surface area contributed by atoms with E-state index in [1.807, 2.05) is 5.51 Å². The van der Waals surface area contributed by atoms with Crippen molar-refractivity contribution in [2.75, 3.05) is 57.4 Å². The van der Waals surface area contributed by atoms with Gasteiger partial charge in [-0.2, -0.15) is 0 Å². The second-order valence-electron chi connectivity index (χ2n) is 9.07. The van der Waals surface area contributed by atoms with Crippen LogP contribution in [-0.2, 0) is 17.8 Å². The molecule has 2 saturated heterocycles. The van der Waals surface area contributed by atoms with Crippen LogP contribution < -0.4 is 4.90 Å². The topological polar surface area (TPSA) is 73.4 Å². The number of nitrogens with one attached hydrogen (secondary N) is 1. The molecule has 0 atom stereocenters. The van der Waals surface area contributed by atoms with Gasteiger partial charge in [-0.05, 0) is 5.56 Å². The molecule has 35 heavy (non-hydrogen) atoms. The lowest BCUT2D eigenvalue weighted by molar-refractivity contribution is 0.0342. The average Bonchev–Trinajstić information content (AvgIpc) is 3.56. The number of hydrogen-bond acceptors (Lipinski definition) is 8. The Morgan fingerprint density at radius 1 is 0.943 bits per heavy atom. The van der Waals surface area contributed by atoms with E-state index < -0.39 is 0 Å². The first-order chi connectivity index (χ1) is 17.2. The number of H-pyrrole nitrogens is 1. The molecular formula is C25H28ClN7OS. The number of ether oxygens (including phenoxy) is 1. The third-order valence-electron chi connectivity index (χ3n) is 6.74. The Morgan fingerprint density at radius 2 is 1.71 bits per heavy atom. The van der Waals surface area contributed by atoms with Gasteiger partial charge in [-0.15, -0.1) is 11.3 Å². The Labute approximate surface area is 213 Å². The number of halogens is 1. The van der Waals surface area contributed by atoms with E-state index >= 15 is 0 Å². The molecule has 2 aliphatic heterocycles. The van der Waals surface area contributed by atoms with Gasteiger partial charge in [0, 0.05) is 63.3 Å². The molecule has 2 aliphatic rings. The molecule has 0 radical (unpaired) electrons. The molecular weight excluding hydrogens is 482 g/mol. The highest BCUT2D eigenvalue weighted by molar-refractivity contribution is 7.07. The zero-order chi connectivity index (χ0) is 23.6. The second-order valence-corrected chi connectivity index (χ2v) is 10.2. The first-order valence-electron chi connectivity index (χ1n) is 12.0. The molecule has 2 fully saturated rings. The van der Waals surface area contributed by atoms with Gasteiger partial charge >= 0.3 is 0 Å². The molecule has 6 rings (SSSR count). The molecule has 0 amide bonds. The lowest BCUT2D eigenvalue weighted by Gasteiger charge is -2.36. The second kappa shape index (κ2) is 10.2. The average molecular weight is 510 g/mol. The highest BCUT2D eigenvalue weighted by Gasteiger charge is 2.23.